The highest BCUT2D eigenvalue weighted by atomic mass is 19.1. The predicted molar refractivity (Wildman–Crippen MR) is 136 cm³/mol. The van der Waals surface area contributed by atoms with E-state index >= 15 is 4.39 Å². The van der Waals surface area contributed by atoms with Gasteiger partial charge in [-0.1, -0.05) is 85.6 Å². The fourth-order valence-corrected chi connectivity index (χ4v) is 5.45. The summed E-state index contributed by atoms with van der Waals surface area (Å²) >= 11 is 0. The largest absolute Gasteiger partial charge is 0.457 e. The lowest BCUT2D eigenvalue weighted by Gasteiger charge is -2.42. The molecule has 38 heavy (non-hydrogen) atoms. The van der Waals surface area contributed by atoms with Crippen molar-refractivity contribution < 1.29 is 28.3 Å². The fourth-order valence-electron chi connectivity index (χ4n) is 5.45. The highest BCUT2D eigenvalue weighted by Crippen LogP contribution is 2.44. The number of fused-ring (bicyclic) bond motifs is 1. The molecule has 1 saturated carbocycles. The molecule has 0 aromatic heterocycles. The molecule has 0 unspecified atom stereocenters. The van der Waals surface area contributed by atoms with Crippen LogP contribution in [0.25, 0.3) is 0 Å². The predicted octanol–water partition coefficient (Wildman–Crippen LogP) is 4.62. The van der Waals surface area contributed by atoms with Gasteiger partial charge in [0.2, 0.25) is 0 Å². The summed E-state index contributed by atoms with van der Waals surface area (Å²) in [5.41, 5.74) is -0.645. The second kappa shape index (κ2) is 9.85. The van der Waals surface area contributed by atoms with Gasteiger partial charge in [0.25, 0.3) is 17.7 Å². The number of hydrogen-bond acceptors (Lipinski definition) is 5. The highest BCUT2D eigenvalue weighted by Gasteiger charge is 2.60. The number of rotatable bonds is 7. The maximum atomic E-state index is 17.1. The second-order valence-corrected chi connectivity index (χ2v) is 9.64. The number of hydrogen-bond donors (Lipinski definition) is 0. The van der Waals surface area contributed by atoms with Crippen molar-refractivity contribution in [2.24, 2.45) is 0 Å². The van der Waals surface area contributed by atoms with Crippen LogP contribution in [0.1, 0.15) is 57.5 Å². The minimum atomic E-state index is -3.00. The molecule has 1 atom stereocenters. The number of imide groups is 1. The lowest BCUT2D eigenvalue weighted by molar-refractivity contribution is -0.183. The van der Waals surface area contributed by atoms with Gasteiger partial charge in [0.05, 0.1) is 11.1 Å². The molecule has 0 spiro atoms. The summed E-state index contributed by atoms with van der Waals surface area (Å²) in [6, 6.07) is 22.8. The first-order valence-corrected chi connectivity index (χ1v) is 12.5. The Hall–Kier alpha value is -4.33. The number of alkyl halides is 1. The van der Waals surface area contributed by atoms with Crippen LogP contribution >= 0.6 is 0 Å². The first-order valence-electron chi connectivity index (χ1n) is 12.5. The number of halogens is 1. The third-order valence-corrected chi connectivity index (χ3v) is 7.46. The van der Waals surface area contributed by atoms with Gasteiger partial charge in [0, 0.05) is 12.6 Å². The fraction of sp³-hybridized carbons (Fsp3) is 0.267. The zero-order valence-electron chi connectivity index (χ0n) is 20.9. The Morgan fingerprint density at radius 2 is 1.37 bits per heavy atom. The molecular formula is C30H27FN2O5. The van der Waals surface area contributed by atoms with Crippen LogP contribution < -0.4 is 0 Å². The second-order valence-electron chi connectivity index (χ2n) is 9.64. The Balaban J connectivity index is 1.52. The third-order valence-electron chi connectivity index (χ3n) is 7.46. The van der Waals surface area contributed by atoms with Crippen LogP contribution in [-0.4, -0.2) is 46.1 Å². The van der Waals surface area contributed by atoms with Crippen LogP contribution in [0.4, 0.5) is 4.39 Å². The van der Waals surface area contributed by atoms with Gasteiger partial charge in [-0.05, 0) is 30.5 Å². The summed E-state index contributed by atoms with van der Waals surface area (Å²) in [6.45, 7) is -0.191. The Morgan fingerprint density at radius 3 is 1.92 bits per heavy atom. The minimum absolute atomic E-state index is 0.0931. The molecule has 1 aliphatic heterocycles. The molecule has 3 aromatic carbocycles. The molecular weight excluding hydrogens is 487 g/mol. The lowest BCUT2D eigenvalue weighted by Crippen LogP contribution is -2.63. The SMILES string of the molecule is CN(C(=O)C1(N2C(=O)c3ccccc3C2=O)CCCC1)[C@](F)(C(=O)OCc1ccccc1)c1ccccc1. The Morgan fingerprint density at radius 1 is 0.868 bits per heavy atom. The Labute approximate surface area is 219 Å². The van der Waals surface area contributed by atoms with Crippen LogP contribution in [-0.2, 0) is 26.7 Å². The van der Waals surface area contributed by atoms with E-state index in [1.54, 1.807) is 54.6 Å². The summed E-state index contributed by atoms with van der Waals surface area (Å²) in [5.74, 6) is -6.27. The molecule has 1 heterocycles. The van der Waals surface area contributed by atoms with Crippen molar-refractivity contribution in [1.82, 2.24) is 9.80 Å². The molecule has 7 nitrogen and oxygen atoms in total. The molecule has 0 radical (unpaired) electrons. The summed E-state index contributed by atoms with van der Waals surface area (Å²) in [7, 11) is 1.18. The van der Waals surface area contributed by atoms with E-state index in [2.05, 4.69) is 0 Å². The summed E-state index contributed by atoms with van der Waals surface area (Å²) in [4.78, 5) is 56.1. The number of carbonyl (C=O) groups excluding carboxylic acids is 4. The molecule has 1 fully saturated rings. The Bertz CT molecular complexity index is 1350. The van der Waals surface area contributed by atoms with Gasteiger partial charge < -0.3 is 4.74 Å². The van der Waals surface area contributed by atoms with Gasteiger partial charge in [0.15, 0.2) is 0 Å². The average molecular weight is 515 g/mol. The van der Waals surface area contributed by atoms with Gasteiger partial charge in [0.1, 0.15) is 12.1 Å². The van der Waals surface area contributed by atoms with Gasteiger partial charge in [-0.15, -0.1) is 0 Å². The first kappa shape index (κ1) is 25.3. The van der Waals surface area contributed by atoms with Crippen molar-refractivity contribution in [2.45, 2.75) is 43.6 Å². The smallest absolute Gasteiger partial charge is 0.370 e. The number of benzene rings is 3. The van der Waals surface area contributed by atoms with Gasteiger partial charge in [-0.3, -0.25) is 24.2 Å². The topological polar surface area (TPSA) is 84.0 Å². The number of likely N-dealkylation sites (N-methyl/N-ethyl adjacent to an activating group) is 1. The zero-order chi connectivity index (χ0) is 26.9. The molecule has 1 aliphatic carbocycles. The van der Waals surface area contributed by atoms with Crippen molar-refractivity contribution in [1.29, 1.82) is 0 Å². The summed E-state index contributed by atoms with van der Waals surface area (Å²) < 4.78 is 22.5. The van der Waals surface area contributed by atoms with Crippen molar-refractivity contribution >= 4 is 23.7 Å². The van der Waals surface area contributed by atoms with Gasteiger partial charge >= 0.3 is 11.8 Å². The van der Waals surface area contributed by atoms with E-state index in [9.17, 15) is 19.2 Å². The van der Waals surface area contributed by atoms with Crippen LogP contribution in [0.5, 0.6) is 0 Å². The highest BCUT2D eigenvalue weighted by molar-refractivity contribution is 6.23. The van der Waals surface area contributed by atoms with Gasteiger partial charge in [-0.25, -0.2) is 9.18 Å². The van der Waals surface area contributed by atoms with E-state index in [1.165, 1.54) is 31.3 Å². The quantitative estimate of drug-likeness (QED) is 0.261. The van der Waals surface area contributed by atoms with Crippen molar-refractivity contribution in [3.05, 3.63) is 107 Å². The third kappa shape index (κ3) is 3.97. The molecule has 0 N–H and O–H groups in total. The average Bonchev–Trinajstić information content (AvgIpc) is 3.55. The molecule has 2 aliphatic rings. The van der Waals surface area contributed by atoms with E-state index in [0.29, 0.717) is 23.3 Å². The molecule has 3 amide bonds. The zero-order valence-corrected chi connectivity index (χ0v) is 20.9. The number of nitrogens with zero attached hydrogens (tertiary/aromatic N) is 2. The number of amides is 3. The van der Waals surface area contributed by atoms with Crippen LogP contribution in [0.15, 0.2) is 84.9 Å². The van der Waals surface area contributed by atoms with E-state index in [-0.39, 0.29) is 36.1 Å². The summed E-state index contributed by atoms with van der Waals surface area (Å²) in [6.07, 6.45) is 1.48. The van der Waals surface area contributed by atoms with Crippen LogP contribution in [0, 0.1) is 0 Å². The Kier molecular flexibility index (Phi) is 6.57. The van der Waals surface area contributed by atoms with Gasteiger partial charge in [-0.2, -0.15) is 0 Å². The first-order chi connectivity index (χ1) is 18.3. The van der Waals surface area contributed by atoms with E-state index in [0.717, 1.165) is 4.90 Å². The molecule has 0 saturated heterocycles. The summed E-state index contributed by atoms with van der Waals surface area (Å²) in [5, 5.41) is 0. The van der Waals surface area contributed by atoms with Crippen molar-refractivity contribution in [3.8, 4) is 0 Å². The number of esters is 1. The molecule has 0 bridgehead atoms. The maximum absolute atomic E-state index is 17.1. The molecule has 194 valence electrons. The molecule has 3 aromatic rings. The monoisotopic (exact) mass is 514 g/mol. The van der Waals surface area contributed by atoms with Crippen molar-refractivity contribution in [2.75, 3.05) is 7.05 Å². The van der Waals surface area contributed by atoms with Crippen molar-refractivity contribution in [3.63, 3.8) is 0 Å². The maximum Gasteiger partial charge on any atom is 0.370 e. The van der Waals surface area contributed by atoms with E-state index in [1.807, 2.05) is 6.07 Å². The van der Waals surface area contributed by atoms with E-state index < -0.39 is 35.0 Å². The standard InChI is InChI=1S/C30H27FN2O5/c1-32(30(31,22-14-6-3-7-15-22)28(37)38-20-21-12-4-2-5-13-21)27(36)29(18-10-11-19-29)33-25(34)23-16-8-9-17-24(23)26(33)35/h2-9,12-17H,10-11,18-20H2,1H3/t30-/m0/s1. The molecule has 5 rings (SSSR count). The number of carbonyl (C=O) groups is 4. The van der Waals surface area contributed by atoms with Crippen LogP contribution in [0.2, 0.25) is 0 Å². The minimum Gasteiger partial charge on any atom is -0.457 e. The number of ether oxygens (including phenoxy) is 1. The van der Waals surface area contributed by atoms with Crippen LogP contribution in [0.3, 0.4) is 0 Å². The molecule has 8 heteroatoms. The van der Waals surface area contributed by atoms with E-state index in [4.69, 9.17) is 4.74 Å². The lowest BCUT2D eigenvalue weighted by atomic mass is 9.91. The normalized spacial score (nSPS) is 17.6.